The molecule has 1 amide bonds. The van der Waals surface area contributed by atoms with Crippen LogP contribution in [0.2, 0.25) is 5.02 Å². The summed E-state index contributed by atoms with van der Waals surface area (Å²) in [6, 6.07) is 14.9. The Morgan fingerprint density at radius 3 is 2.36 bits per heavy atom. The van der Waals surface area contributed by atoms with Crippen molar-refractivity contribution in [3.63, 3.8) is 0 Å². The topological polar surface area (TPSA) is 137 Å². The van der Waals surface area contributed by atoms with Crippen molar-refractivity contribution in [1.29, 1.82) is 0 Å². The molecule has 33 heavy (non-hydrogen) atoms. The van der Waals surface area contributed by atoms with Crippen LogP contribution >= 0.6 is 11.6 Å². The van der Waals surface area contributed by atoms with Gasteiger partial charge in [-0.15, -0.1) is 0 Å². The van der Waals surface area contributed by atoms with Crippen LogP contribution in [0.3, 0.4) is 0 Å². The van der Waals surface area contributed by atoms with Gasteiger partial charge >= 0.3 is 11.9 Å². The first-order valence-corrected chi connectivity index (χ1v) is 10.3. The normalized spacial score (nSPS) is 12.6. The number of carboxylic acid groups (broad SMARTS) is 2. The minimum atomic E-state index is -1.89. The molecule has 0 fully saturated rings. The Kier molecular flexibility index (Phi) is 7.42. The average molecular weight is 469 g/mol. The third kappa shape index (κ3) is 5.74. The van der Waals surface area contributed by atoms with Crippen molar-refractivity contribution in [1.82, 2.24) is 10.3 Å². The summed E-state index contributed by atoms with van der Waals surface area (Å²) in [6.07, 6.45) is -1.92. The predicted molar refractivity (Wildman–Crippen MR) is 121 cm³/mol. The number of nitrogens with one attached hydrogen (secondary N) is 1. The molecule has 0 aliphatic rings. The van der Waals surface area contributed by atoms with E-state index in [2.05, 4.69) is 10.3 Å². The van der Waals surface area contributed by atoms with Gasteiger partial charge in [-0.25, -0.2) is 14.6 Å². The fourth-order valence-electron chi connectivity index (χ4n) is 3.42. The van der Waals surface area contributed by atoms with Crippen LogP contribution in [0.4, 0.5) is 0 Å². The van der Waals surface area contributed by atoms with E-state index in [1.165, 1.54) is 12.1 Å². The van der Waals surface area contributed by atoms with Crippen LogP contribution in [0.5, 0.6) is 0 Å². The Balaban J connectivity index is 1.94. The number of aliphatic hydroxyl groups excluding tert-OH is 1. The number of carbonyl (C=O) groups is 3. The molecule has 2 unspecified atom stereocenters. The van der Waals surface area contributed by atoms with Crippen LogP contribution in [0, 0.1) is 6.92 Å². The van der Waals surface area contributed by atoms with Crippen LogP contribution in [0.1, 0.15) is 32.1 Å². The molecule has 2 atom stereocenters. The monoisotopic (exact) mass is 468 g/mol. The fraction of sp³-hybridized carbons (Fsp3) is 0.167. The van der Waals surface area contributed by atoms with Crippen LogP contribution in [0.15, 0.2) is 60.7 Å². The molecule has 0 saturated heterocycles. The van der Waals surface area contributed by atoms with Crippen LogP contribution < -0.4 is 5.32 Å². The third-order valence-corrected chi connectivity index (χ3v) is 5.37. The molecule has 0 aliphatic heterocycles. The quantitative estimate of drug-likeness (QED) is 0.398. The third-order valence-electron chi connectivity index (χ3n) is 5.00. The molecule has 1 aromatic heterocycles. The van der Waals surface area contributed by atoms with Crippen molar-refractivity contribution in [2.45, 2.75) is 25.5 Å². The minimum absolute atomic E-state index is 0.0284. The van der Waals surface area contributed by atoms with Crippen molar-refractivity contribution in [3.05, 3.63) is 88.2 Å². The first-order chi connectivity index (χ1) is 15.7. The van der Waals surface area contributed by atoms with E-state index in [4.69, 9.17) is 11.6 Å². The summed E-state index contributed by atoms with van der Waals surface area (Å²) >= 11 is 6.15. The molecular formula is C24H21ClN2O6. The summed E-state index contributed by atoms with van der Waals surface area (Å²) in [5, 5.41) is 31.9. The zero-order valence-corrected chi connectivity index (χ0v) is 18.3. The number of pyridine rings is 1. The summed E-state index contributed by atoms with van der Waals surface area (Å²) in [6.45, 7) is 1.65. The van der Waals surface area contributed by atoms with E-state index in [-0.39, 0.29) is 17.7 Å². The largest absolute Gasteiger partial charge is 0.479 e. The molecule has 2 aromatic carbocycles. The number of aromatic carboxylic acids is 1. The van der Waals surface area contributed by atoms with Crippen LogP contribution in [0.25, 0.3) is 11.1 Å². The van der Waals surface area contributed by atoms with Crippen molar-refractivity contribution in [2.24, 2.45) is 0 Å². The number of aliphatic carboxylic acids is 1. The maximum absolute atomic E-state index is 13.0. The number of benzene rings is 2. The summed E-state index contributed by atoms with van der Waals surface area (Å²) < 4.78 is 0. The van der Waals surface area contributed by atoms with E-state index in [0.717, 1.165) is 0 Å². The van der Waals surface area contributed by atoms with Gasteiger partial charge in [-0.05, 0) is 54.3 Å². The molecule has 0 saturated carbocycles. The van der Waals surface area contributed by atoms with E-state index in [1.807, 2.05) is 0 Å². The standard InChI is InChI=1S/C24H21ClN2O6/c1-13-10-15(16-7-3-4-8-17(16)23(30)31)12-20(26-13)22(29)27-19(21(28)24(32)33)11-14-6-2-5-9-18(14)25/h2-10,12,19,21,28H,11H2,1H3,(H,27,29)(H,30,31)(H,32,33). The second kappa shape index (κ2) is 10.2. The molecular weight excluding hydrogens is 448 g/mol. The lowest BCUT2D eigenvalue weighted by atomic mass is 9.98. The molecule has 170 valence electrons. The molecule has 0 spiro atoms. The molecule has 8 nitrogen and oxygen atoms in total. The molecule has 9 heteroatoms. The van der Waals surface area contributed by atoms with Crippen molar-refractivity contribution < 1.29 is 29.7 Å². The smallest absolute Gasteiger partial charge is 0.336 e. The summed E-state index contributed by atoms with van der Waals surface area (Å²) in [5.74, 6) is -3.33. The maximum atomic E-state index is 13.0. The van der Waals surface area contributed by atoms with E-state index in [1.54, 1.807) is 55.5 Å². The Morgan fingerprint density at radius 2 is 1.70 bits per heavy atom. The number of halogens is 1. The second-order valence-corrected chi connectivity index (χ2v) is 7.80. The Bertz CT molecular complexity index is 1210. The highest BCUT2D eigenvalue weighted by molar-refractivity contribution is 6.31. The first-order valence-electron chi connectivity index (χ1n) is 9.94. The first kappa shape index (κ1) is 23.9. The van der Waals surface area contributed by atoms with Gasteiger partial charge in [-0.2, -0.15) is 0 Å². The van der Waals surface area contributed by atoms with Gasteiger partial charge in [-0.1, -0.05) is 48.0 Å². The summed E-state index contributed by atoms with van der Waals surface area (Å²) in [5.41, 5.74) is 1.89. The van der Waals surface area contributed by atoms with Crippen molar-refractivity contribution in [3.8, 4) is 11.1 Å². The van der Waals surface area contributed by atoms with Gasteiger partial charge in [0.05, 0.1) is 11.6 Å². The van der Waals surface area contributed by atoms with Gasteiger partial charge in [0.1, 0.15) is 5.69 Å². The van der Waals surface area contributed by atoms with E-state index < -0.39 is 30.0 Å². The second-order valence-electron chi connectivity index (χ2n) is 7.39. The SMILES string of the molecule is Cc1cc(-c2ccccc2C(=O)O)cc(C(=O)NC(Cc2ccccc2Cl)C(O)C(=O)O)n1. The highest BCUT2D eigenvalue weighted by Gasteiger charge is 2.29. The number of hydrogen-bond donors (Lipinski definition) is 4. The Morgan fingerprint density at radius 1 is 1.03 bits per heavy atom. The number of aromatic nitrogens is 1. The lowest BCUT2D eigenvalue weighted by Crippen LogP contribution is -2.48. The van der Waals surface area contributed by atoms with Gasteiger partial charge in [0.2, 0.25) is 0 Å². The Labute approximate surface area is 194 Å². The van der Waals surface area contributed by atoms with Crippen molar-refractivity contribution in [2.75, 3.05) is 0 Å². The maximum Gasteiger partial charge on any atom is 0.336 e. The molecule has 0 bridgehead atoms. The van der Waals surface area contributed by atoms with E-state index >= 15 is 0 Å². The number of carboxylic acids is 2. The number of nitrogens with zero attached hydrogens (tertiary/aromatic N) is 1. The number of aliphatic hydroxyl groups is 1. The average Bonchev–Trinajstić information content (AvgIpc) is 2.78. The predicted octanol–water partition coefficient (Wildman–Crippen LogP) is 3.20. The molecule has 1 heterocycles. The van der Waals surface area contributed by atoms with Crippen molar-refractivity contribution >= 4 is 29.4 Å². The molecule has 3 aromatic rings. The van der Waals surface area contributed by atoms with Gasteiger partial charge in [0.25, 0.3) is 5.91 Å². The number of carbonyl (C=O) groups excluding carboxylic acids is 1. The zero-order valence-electron chi connectivity index (χ0n) is 17.5. The van der Waals surface area contributed by atoms with Gasteiger partial charge in [0, 0.05) is 10.7 Å². The van der Waals surface area contributed by atoms with Gasteiger partial charge in [0.15, 0.2) is 6.10 Å². The summed E-state index contributed by atoms with van der Waals surface area (Å²) in [7, 11) is 0. The number of amides is 1. The number of hydrogen-bond acceptors (Lipinski definition) is 5. The lowest BCUT2D eigenvalue weighted by Gasteiger charge is -2.22. The highest BCUT2D eigenvalue weighted by Crippen LogP contribution is 2.25. The Hall–Kier alpha value is -3.75. The molecule has 0 aliphatic carbocycles. The lowest BCUT2D eigenvalue weighted by molar-refractivity contribution is -0.148. The summed E-state index contributed by atoms with van der Waals surface area (Å²) in [4.78, 5) is 40.2. The van der Waals surface area contributed by atoms with E-state index in [9.17, 15) is 29.7 Å². The fourth-order valence-corrected chi connectivity index (χ4v) is 3.63. The zero-order chi connectivity index (χ0) is 24.1. The van der Waals surface area contributed by atoms with Gasteiger partial charge in [-0.3, -0.25) is 4.79 Å². The van der Waals surface area contributed by atoms with E-state index in [0.29, 0.717) is 27.4 Å². The van der Waals surface area contributed by atoms with Gasteiger partial charge < -0.3 is 20.6 Å². The van der Waals surface area contributed by atoms with Crippen LogP contribution in [-0.4, -0.2) is 50.3 Å². The minimum Gasteiger partial charge on any atom is -0.479 e. The number of aryl methyl sites for hydroxylation is 1. The highest BCUT2D eigenvalue weighted by atomic mass is 35.5. The van der Waals surface area contributed by atoms with Crippen LogP contribution in [-0.2, 0) is 11.2 Å². The molecule has 4 N–H and O–H groups in total. The number of rotatable bonds is 8. The molecule has 0 radical (unpaired) electrons. The molecule has 3 rings (SSSR count).